The Labute approximate surface area is 91.8 Å². The summed E-state index contributed by atoms with van der Waals surface area (Å²) >= 11 is 2.97. The third-order valence-electron chi connectivity index (χ3n) is 1.59. The fourth-order valence-electron chi connectivity index (χ4n) is 1.02. The van der Waals surface area contributed by atoms with E-state index in [1.807, 2.05) is 0 Å². The molecule has 0 aliphatic heterocycles. The van der Waals surface area contributed by atoms with Crippen molar-refractivity contribution in [1.82, 2.24) is 0 Å². The van der Waals surface area contributed by atoms with Gasteiger partial charge in [-0.15, -0.1) is 13.2 Å². The molecule has 15 heavy (non-hydrogen) atoms. The Hall–Kier alpha value is -0.950. The molecule has 0 heterocycles. The number of ether oxygens (including phenoxy) is 1. The van der Waals surface area contributed by atoms with Crippen molar-refractivity contribution in [3.05, 3.63) is 22.2 Å². The average molecular weight is 286 g/mol. The van der Waals surface area contributed by atoms with Crippen molar-refractivity contribution in [3.63, 3.8) is 0 Å². The van der Waals surface area contributed by atoms with Gasteiger partial charge in [0.05, 0.1) is 6.61 Å². The molecule has 0 aliphatic rings. The highest BCUT2D eigenvalue weighted by Gasteiger charge is 2.32. The van der Waals surface area contributed by atoms with Gasteiger partial charge in [-0.3, -0.25) is 0 Å². The number of aliphatic hydroxyl groups excluding tert-OH is 1. The van der Waals surface area contributed by atoms with Crippen LogP contribution in [0.15, 0.2) is 16.6 Å². The molecule has 0 fully saturated rings. The summed E-state index contributed by atoms with van der Waals surface area (Å²) in [6, 6.07) is 2.48. The van der Waals surface area contributed by atoms with Gasteiger partial charge in [0.25, 0.3) is 0 Å². The first-order valence-corrected chi connectivity index (χ1v) is 4.57. The normalized spacial score (nSPS) is 11.5. The van der Waals surface area contributed by atoms with Crippen molar-refractivity contribution in [2.45, 2.75) is 13.0 Å². The lowest BCUT2D eigenvalue weighted by atomic mass is 10.2. The van der Waals surface area contributed by atoms with E-state index < -0.39 is 18.7 Å². The van der Waals surface area contributed by atoms with Crippen molar-refractivity contribution < 1.29 is 23.0 Å². The first-order chi connectivity index (χ1) is 6.83. The van der Waals surface area contributed by atoms with Crippen molar-refractivity contribution in [2.24, 2.45) is 0 Å². The molecule has 1 aromatic carbocycles. The van der Waals surface area contributed by atoms with Gasteiger partial charge < -0.3 is 15.6 Å². The number of alkyl halides is 3. The number of benzene rings is 1. The van der Waals surface area contributed by atoms with Crippen molar-refractivity contribution in [3.8, 4) is 5.75 Å². The van der Waals surface area contributed by atoms with Crippen LogP contribution in [0.1, 0.15) is 5.56 Å². The summed E-state index contributed by atoms with van der Waals surface area (Å²) in [5, 5.41) is 8.84. The monoisotopic (exact) mass is 285 g/mol. The number of aliphatic hydroxyl groups is 1. The lowest BCUT2D eigenvalue weighted by Crippen LogP contribution is -2.18. The van der Waals surface area contributed by atoms with E-state index in [2.05, 4.69) is 20.7 Å². The molecule has 0 atom stereocenters. The number of nitrogen functional groups attached to an aromatic ring is 1. The standard InChI is InChI=1S/C8H7BrF3NO2/c9-4-1-6(13)5(3-14)7(2-4)15-8(10,11)12/h1-2,14H,3,13H2. The summed E-state index contributed by atoms with van der Waals surface area (Å²) in [7, 11) is 0. The third kappa shape index (κ3) is 3.28. The lowest BCUT2D eigenvalue weighted by molar-refractivity contribution is -0.275. The molecule has 0 unspecified atom stereocenters. The van der Waals surface area contributed by atoms with Crippen molar-refractivity contribution in [2.75, 3.05) is 5.73 Å². The fraction of sp³-hybridized carbons (Fsp3) is 0.250. The quantitative estimate of drug-likeness (QED) is 0.821. The second-order valence-electron chi connectivity index (χ2n) is 2.68. The molecular weight excluding hydrogens is 279 g/mol. The minimum absolute atomic E-state index is 0.0334. The minimum Gasteiger partial charge on any atom is -0.405 e. The van der Waals surface area contributed by atoms with Gasteiger partial charge in [-0.2, -0.15) is 0 Å². The Balaban J connectivity index is 3.15. The zero-order valence-corrected chi connectivity index (χ0v) is 8.89. The fourth-order valence-corrected chi connectivity index (χ4v) is 1.47. The second-order valence-corrected chi connectivity index (χ2v) is 3.59. The first-order valence-electron chi connectivity index (χ1n) is 3.78. The molecule has 0 saturated carbocycles. The summed E-state index contributed by atoms with van der Waals surface area (Å²) in [5.41, 5.74) is 5.36. The van der Waals surface area contributed by atoms with Gasteiger partial charge in [-0.1, -0.05) is 15.9 Å². The van der Waals surface area contributed by atoms with E-state index in [9.17, 15) is 13.2 Å². The highest BCUT2D eigenvalue weighted by molar-refractivity contribution is 9.10. The molecule has 0 radical (unpaired) electrons. The van der Waals surface area contributed by atoms with Gasteiger partial charge in [0.1, 0.15) is 5.75 Å². The number of nitrogens with two attached hydrogens (primary N) is 1. The average Bonchev–Trinajstić information content (AvgIpc) is 1.99. The van der Waals surface area contributed by atoms with E-state index >= 15 is 0 Å². The van der Waals surface area contributed by atoms with E-state index in [1.54, 1.807) is 0 Å². The maximum absolute atomic E-state index is 12.0. The molecule has 3 N–H and O–H groups in total. The topological polar surface area (TPSA) is 55.5 Å². The molecule has 1 aromatic rings. The number of hydrogen-bond acceptors (Lipinski definition) is 3. The number of rotatable bonds is 2. The Bertz CT molecular complexity index is 368. The molecule has 0 aromatic heterocycles. The summed E-state index contributed by atoms with van der Waals surface area (Å²) in [6.45, 7) is -0.621. The van der Waals surface area contributed by atoms with E-state index in [4.69, 9.17) is 10.8 Å². The third-order valence-corrected chi connectivity index (χ3v) is 2.05. The van der Waals surface area contributed by atoms with Crippen molar-refractivity contribution >= 4 is 21.6 Å². The predicted octanol–water partition coefficient (Wildman–Crippen LogP) is 2.42. The van der Waals surface area contributed by atoms with E-state index in [1.165, 1.54) is 6.07 Å². The number of hydrogen-bond donors (Lipinski definition) is 2. The highest BCUT2D eigenvalue weighted by atomic mass is 79.9. The second kappa shape index (κ2) is 4.28. The van der Waals surface area contributed by atoms with Crippen LogP contribution in [0.3, 0.4) is 0 Å². The van der Waals surface area contributed by atoms with E-state index in [0.717, 1.165) is 6.07 Å². The molecular formula is C8H7BrF3NO2. The molecule has 84 valence electrons. The summed E-state index contributed by atoms with van der Waals surface area (Å²) in [4.78, 5) is 0. The molecule has 0 bridgehead atoms. The molecule has 7 heteroatoms. The van der Waals surface area contributed by atoms with Crippen LogP contribution in [0.25, 0.3) is 0 Å². The van der Waals surface area contributed by atoms with Crippen LogP contribution in [0.5, 0.6) is 5.75 Å². The molecule has 0 spiro atoms. The maximum Gasteiger partial charge on any atom is 0.573 e. The predicted molar refractivity (Wildman–Crippen MR) is 51.2 cm³/mol. The van der Waals surface area contributed by atoms with Gasteiger partial charge in [0.2, 0.25) is 0 Å². The molecule has 0 saturated heterocycles. The van der Waals surface area contributed by atoms with Crippen LogP contribution < -0.4 is 10.5 Å². The molecule has 0 amide bonds. The summed E-state index contributed by atoms with van der Waals surface area (Å²) in [5.74, 6) is -0.503. The number of anilines is 1. The largest absolute Gasteiger partial charge is 0.573 e. The Morgan fingerprint density at radius 3 is 2.47 bits per heavy atom. The zero-order chi connectivity index (χ0) is 11.6. The van der Waals surface area contributed by atoms with Crippen molar-refractivity contribution in [1.29, 1.82) is 0 Å². The molecule has 1 rings (SSSR count). The SMILES string of the molecule is Nc1cc(Br)cc(OC(F)(F)F)c1CO. The van der Waals surface area contributed by atoms with Crippen LogP contribution >= 0.6 is 15.9 Å². The smallest absolute Gasteiger partial charge is 0.405 e. The van der Waals surface area contributed by atoms with Crippen LogP contribution in [0, 0.1) is 0 Å². The number of halogens is 4. The zero-order valence-electron chi connectivity index (χ0n) is 7.31. The van der Waals surface area contributed by atoms with Crippen LogP contribution in [0.2, 0.25) is 0 Å². The van der Waals surface area contributed by atoms with Gasteiger partial charge in [-0.05, 0) is 12.1 Å². The Morgan fingerprint density at radius 2 is 2.00 bits per heavy atom. The summed E-state index contributed by atoms with van der Waals surface area (Å²) in [6.07, 6.45) is -4.81. The Kier molecular flexibility index (Phi) is 3.46. The van der Waals surface area contributed by atoms with Gasteiger partial charge in [0, 0.05) is 15.7 Å². The van der Waals surface area contributed by atoms with Gasteiger partial charge in [0.15, 0.2) is 0 Å². The lowest BCUT2D eigenvalue weighted by Gasteiger charge is -2.14. The molecule has 0 aliphatic carbocycles. The minimum atomic E-state index is -4.81. The Morgan fingerprint density at radius 1 is 1.40 bits per heavy atom. The highest BCUT2D eigenvalue weighted by Crippen LogP contribution is 2.33. The van der Waals surface area contributed by atoms with Crippen LogP contribution in [0.4, 0.5) is 18.9 Å². The maximum atomic E-state index is 12.0. The van der Waals surface area contributed by atoms with Crippen LogP contribution in [-0.4, -0.2) is 11.5 Å². The van der Waals surface area contributed by atoms with E-state index in [0.29, 0.717) is 4.47 Å². The van der Waals surface area contributed by atoms with E-state index in [-0.39, 0.29) is 11.3 Å². The van der Waals surface area contributed by atoms with Crippen LogP contribution in [-0.2, 0) is 6.61 Å². The first kappa shape index (κ1) is 12.1. The molecule has 3 nitrogen and oxygen atoms in total. The van der Waals surface area contributed by atoms with Gasteiger partial charge >= 0.3 is 6.36 Å². The summed E-state index contributed by atoms with van der Waals surface area (Å²) < 4.78 is 39.9. The van der Waals surface area contributed by atoms with Gasteiger partial charge in [-0.25, -0.2) is 0 Å².